The van der Waals surface area contributed by atoms with E-state index in [0.717, 1.165) is 36.7 Å². The second kappa shape index (κ2) is 11.9. The van der Waals surface area contributed by atoms with Crippen molar-refractivity contribution in [3.05, 3.63) is 82.8 Å². The number of aromatic carboxylic acids is 1. The first-order valence-electron chi connectivity index (χ1n) is 13.1. The van der Waals surface area contributed by atoms with Crippen LogP contribution >= 0.6 is 0 Å². The summed E-state index contributed by atoms with van der Waals surface area (Å²) in [5.41, 5.74) is 1.12. The summed E-state index contributed by atoms with van der Waals surface area (Å²) < 4.78 is 76.3. The van der Waals surface area contributed by atoms with Crippen molar-refractivity contribution in [2.75, 3.05) is 13.1 Å². The fraction of sp³-hybridized carbons (Fsp3) is 0.345. The number of nitrogens with zero attached hydrogens (tertiary/aromatic N) is 4. The highest BCUT2D eigenvalue weighted by Gasteiger charge is 2.30. The van der Waals surface area contributed by atoms with Crippen LogP contribution < -0.4 is 9.47 Å². The minimum absolute atomic E-state index is 0.0864. The molecule has 1 fully saturated rings. The number of rotatable bonds is 9. The van der Waals surface area contributed by atoms with Crippen LogP contribution in [0.25, 0.3) is 11.0 Å². The lowest BCUT2D eigenvalue weighted by Gasteiger charge is -2.31. The summed E-state index contributed by atoms with van der Waals surface area (Å²) in [7, 11) is 1.70. The Bertz CT molecular complexity index is 1570. The maximum Gasteiger partial charge on any atom is 0.416 e. The highest BCUT2D eigenvalue weighted by atomic mass is 19.4. The number of aryl methyl sites for hydroxylation is 1. The van der Waals surface area contributed by atoms with Gasteiger partial charge < -0.3 is 19.1 Å². The van der Waals surface area contributed by atoms with Crippen LogP contribution in [-0.2, 0) is 26.4 Å². The number of alkyl halides is 5. The first kappa shape index (κ1) is 29.2. The third-order valence-electron chi connectivity index (χ3n) is 7.29. The van der Waals surface area contributed by atoms with E-state index in [-0.39, 0.29) is 29.4 Å². The standard InChI is InChI=1S/C29H27F5N4O4/c1-37-22-13-19(27(39)40)14-23(42-28(30)31)26(22)36-24(37)15-38-11-9-18(10-12-38)21-3-2-4-25(35-21)41-16-17-5-7-20(8-6-17)29(32,33)34/h2-8,13-14,18,28H,9-12,15-16H2,1H3,(H,39,40). The first-order valence-corrected chi connectivity index (χ1v) is 13.1. The monoisotopic (exact) mass is 590 g/mol. The Hall–Kier alpha value is -4.26. The van der Waals surface area contributed by atoms with Gasteiger partial charge in [-0.15, -0.1) is 0 Å². The van der Waals surface area contributed by atoms with Crippen LogP contribution in [0.4, 0.5) is 22.0 Å². The fourth-order valence-electron chi connectivity index (χ4n) is 5.03. The molecule has 0 aliphatic carbocycles. The molecular formula is C29H27F5N4O4. The predicted octanol–water partition coefficient (Wildman–Crippen LogP) is 6.25. The number of imidazole rings is 1. The Morgan fingerprint density at radius 2 is 1.79 bits per heavy atom. The molecule has 1 saturated heterocycles. The number of hydrogen-bond donors (Lipinski definition) is 1. The van der Waals surface area contributed by atoms with Crippen LogP contribution in [0.1, 0.15) is 51.8 Å². The molecule has 1 N–H and O–H groups in total. The van der Waals surface area contributed by atoms with E-state index in [1.807, 2.05) is 12.1 Å². The normalized spacial score (nSPS) is 14.9. The fourth-order valence-corrected chi connectivity index (χ4v) is 5.03. The number of fused-ring (bicyclic) bond motifs is 1. The quantitative estimate of drug-likeness (QED) is 0.231. The van der Waals surface area contributed by atoms with Crippen LogP contribution in [0.5, 0.6) is 11.6 Å². The van der Waals surface area contributed by atoms with Crippen molar-refractivity contribution < 1.29 is 41.3 Å². The zero-order valence-corrected chi connectivity index (χ0v) is 22.4. The third kappa shape index (κ3) is 6.62. The lowest BCUT2D eigenvalue weighted by Crippen LogP contribution is -2.33. The summed E-state index contributed by atoms with van der Waals surface area (Å²) in [6, 6.07) is 12.7. The summed E-state index contributed by atoms with van der Waals surface area (Å²) in [4.78, 5) is 22.8. The number of hydrogen-bond acceptors (Lipinski definition) is 6. The number of benzene rings is 2. The van der Waals surface area contributed by atoms with E-state index in [2.05, 4.69) is 19.6 Å². The summed E-state index contributed by atoms with van der Waals surface area (Å²) in [6.45, 7) is -1.18. The summed E-state index contributed by atoms with van der Waals surface area (Å²) >= 11 is 0. The molecule has 0 unspecified atom stereocenters. The molecule has 0 spiro atoms. The summed E-state index contributed by atoms with van der Waals surface area (Å²) in [5, 5.41) is 9.38. The number of pyridine rings is 1. The van der Waals surface area contributed by atoms with Gasteiger partial charge in [-0.25, -0.2) is 14.8 Å². The molecule has 0 bridgehead atoms. The molecular weight excluding hydrogens is 563 g/mol. The number of aromatic nitrogens is 3. The van der Waals surface area contributed by atoms with Crippen LogP contribution in [0, 0.1) is 0 Å². The van der Waals surface area contributed by atoms with E-state index in [9.17, 15) is 31.9 Å². The smallest absolute Gasteiger partial charge is 0.416 e. The van der Waals surface area contributed by atoms with Gasteiger partial charge in [0.1, 0.15) is 17.9 Å². The van der Waals surface area contributed by atoms with Gasteiger partial charge in [-0.3, -0.25) is 4.90 Å². The zero-order chi connectivity index (χ0) is 30.0. The maximum absolute atomic E-state index is 13.0. The van der Waals surface area contributed by atoms with Gasteiger partial charge in [-0.2, -0.15) is 22.0 Å². The molecule has 0 saturated carbocycles. The average molecular weight is 591 g/mol. The van der Waals surface area contributed by atoms with E-state index in [0.29, 0.717) is 42.4 Å². The van der Waals surface area contributed by atoms with Gasteiger partial charge in [0, 0.05) is 24.7 Å². The molecule has 2 aromatic heterocycles. The molecule has 5 rings (SSSR count). The second-order valence-corrected chi connectivity index (χ2v) is 10.0. The molecule has 0 atom stereocenters. The molecule has 222 valence electrons. The van der Waals surface area contributed by atoms with Crippen LogP contribution in [0.2, 0.25) is 0 Å². The van der Waals surface area contributed by atoms with Gasteiger partial charge in [0.25, 0.3) is 0 Å². The predicted molar refractivity (Wildman–Crippen MR) is 142 cm³/mol. The van der Waals surface area contributed by atoms with Crippen molar-refractivity contribution in [1.29, 1.82) is 0 Å². The average Bonchev–Trinajstić information content (AvgIpc) is 3.27. The van der Waals surface area contributed by atoms with Gasteiger partial charge in [0.2, 0.25) is 5.88 Å². The van der Waals surface area contributed by atoms with E-state index < -0.39 is 24.3 Å². The number of carboxylic acid groups (broad SMARTS) is 1. The molecule has 3 heterocycles. The topological polar surface area (TPSA) is 89.7 Å². The van der Waals surface area contributed by atoms with Gasteiger partial charge >= 0.3 is 18.8 Å². The molecule has 1 aliphatic heterocycles. The minimum atomic E-state index is -4.39. The van der Waals surface area contributed by atoms with Crippen molar-refractivity contribution >= 4 is 17.0 Å². The maximum atomic E-state index is 13.0. The van der Waals surface area contributed by atoms with Gasteiger partial charge in [-0.1, -0.05) is 18.2 Å². The van der Waals surface area contributed by atoms with Gasteiger partial charge in [-0.05, 0) is 61.8 Å². The largest absolute Gasteiger partial charge is 0.478 e. The SMILES string of the molecule is Cn1c(CN2CCC(c3cccc(OCc4ccc(C(F)(F)F)cc4)n3)CC2)nc2c(OC(F)F)cc(C(=O)O)cc21. The number of likely N-dealkylation sites (tertiary alicyclic amines) is 1. The van der Waals surface area contributed by atoms with Gasteiger partial charge in [0.15, 0.2) is 5.75 Å². The summed E-state index contributed by atoms with van der Waals surface area (Å²) in [6.07, 6.45) is -2.80. The molecule has 0 radical (unpaired) electrons. The van der Waals surface area contributed by atoms with Crippen LogP contribution in [0.3, 0.4) is 0 Å². The molecule has 1 aliphatic rings. The Morgan fingerprint density at radius 1 is 1.07 bits per heavy atom. The Balaban J connectivity index is 1.21. The van der Waals surface area contributed by atoms with E-state index >= 15 is 0 Å². The number of carboxylic acids is 1. The van der Waals surface area contributed by atoms with E-state index in [4.69, 9.17) is 4.74 Å². The Kier molecular flexibility index (Phi) is 8.30. The molecule has 42 heavy (non-hydrogen) atoms. The molecule has 13 heteroatoms. The minimum Gasteiger partial charge on any atom is -0.478 e. The number of ether oxygens (including phenoxy) is 2. The molecule has 2 aromatic carbocycles. The Labute approximate surface area is 237 Å². The van der Waals surface area contributed by atoms with Gasteiger partial charge in [0.05, 0.1) is 23.2 Å². The highest BCUT2D eigenvalue weighted by Crippen LogP contribution is 2.32. The Morgan fingerprint density at radius 3 is 2.43 bits per heavy atom. The molecule has 0 amide bonds. The van der Waals surface area contributed by atoms with Crippen molar-refractivity contribution in [2.24, 2.45) is 7.05 Å². The van der Waals surface area contributed by atoms with Crippen molar-refractivity contribution in [3.8, 4) is 11.6 Å². The molecule has 4 aromatic rings. The van der Waals surface area contributed by atoms with Crippen molar-refractivity contribution in [1.82, 2.24) is 19.4 Å². The number of halogens is 5. The zero-order valence-electron chi connectivity index (χ0n) is 22.4. The van der Waals surface area contributed by atoms with E-state index in [1.54, 1.807) is 17.7 Å². The first-order chi connectivity index (χ1) is 20.0. The third-order valence-corrected chi connectivity index (χ3v) is 7.29. The number of carbonyl (C=O) groups is 1. The number of piperidine rings is 1. The van der Waals surface area contributed by atoms with Crippen molar-refractivity contribution in [2.45, 2.75) is 44.7 Å². The molecule has 8 nitrogen and oxygen atoms in total. The van der Waals surface area contributed by atoms with Crippen molar-refractivity contribution in [3.63, 3.8) is 0 Å². The summed E-state index contributed by atoms with van der Waals surface area (Å²) in [5.74, 6) is -0.407. The van der Waals surface area contributed by atoms with Crippen LogP contribution in [0.15, 0.2) is 54.6 Å². The highest BCUT2D eigenvalue weighted by molar-refractivity contribution is 5.95. The second-order valence-electron chi connectivity index (χ2n) is 10.0. The van der Waals surface area contributed by atoms with Crippen LogP contribution in [-0.4, -0.2) is 50.2 Å². The lowest BCUT2D eigenvalue weighted by molar-refractivity contribution is -0.137. The van der Waals surface area contributed by atoms with E-state index in [1.165, 1.54) is 18.2 Å². The lowest BCUT2D eigenvalue weighted by atomic mass is 9.93.